The van der Waals surface area contributed by atoms with Gasteiger partial charge in [0, 0.05) is 12.6 Å². The van der Waals surface area contributed by atoms with Crippen molar-refractivity contribution in [2.45, 2.75) is 32.7 Å². The van der Waals surface area contributed by atoms with E-state index in [0.717, 1.165) is 5.56 Å². The predicted molar refractivity (Wildman–Crippen MR) is 103 cm³/mol. The molecular formula is C21H24N2O4. The predicted octanol–water partition coefficient (Wildman–Crippen LogP) is 2.77. The van der Waals surface area contributed by atoms with E-state index in [9.17, 15) is 9.59 Å². The molecule has 0 radical (unpaired) electrons. The zero-order valence-corrected chi connectivity index (χ0v) is 15.8. The maximum Gasteiger partial charge on any atom is 0.262 e. The molecule has 0 saturated heterocycles. The molecule has 0 spiro atoms. The molecule has 0 saturated carbocycles. The van der Waals surface area contributed by atoms with Crippen molar-refractivity contribution in [3.8, 4) is 5.75 Å². The number of carbonyl (C=O) groups excluding carboxylic acids is 2. The van der Waals surface area contributed by atoms with Gasteiger partial charge in [0.2, 0.25) is 0 Å². The summed E-state index contributed by atoms with van der Waals surface area (Å²) < 4.78 is 11.3. The standard InChI is InChI=1S/C21H24N2O4/c1-14(2)26-13-15-8-10-16(11-9-15)21(25)23-12-19(20(24)22-3)27-18-7-5-4-6-17(18)23/h4-11,14,19H,12-13H2,1-3H3,(H,22,24)/t19-/m0/s1. The SMILES string of the molecule is CNC(=O)[C@@H]1CN(C(=O)c2ccc(COC(C)C)cc2)c2ccccc2O1. The highest BCUT2D eigenvalue weighted by Crippen LogP contribution is 2.34. The molecule has 0 aliphatic carbocycles. The molecule has 142 valence electrons. The van der Waals surface area contributed by atoms with Crippen LogP contribution < -0.4 is 15.0 Å². The molecular weight excluding hydrogens is 344 g/mol. The summed E-state index contributed by atoms with van der Waals surface area (Å²) in [6, 6.07) is 14.6. The first-order chi connectivity index (χ1) is 13.0. The Morgan fingerprint density at radius 2 is 1.89 bits per heavy atom. The van der Waals surface area contributed by atoms with Crippen LogP contribution >= 0.6 is 0 Å². The molecule has 1 heterocycles. The molecule has 1 aliphatic rings. The Labute approximate surface area is 159 Å². The summed E-state index contributed by atoms with van der Waals surface area (Å²) >= 11 is 0. The van der Waals surface area contributed by atoms with Gasteiger partial charge in [-0.15, -0.1) is 0 Å². The number of benzene rings is 2. The van der Waals surface area contributed by atoms with E-state index in [-0.39, 0.29) is 24.5 Å². The fraction of sp³-hybridized carbons (Fsp3) is 0.333. The van der Waals surface area contributed by atoms with Gasteiger partial charge in [-0.05, 0) is 43.7 Å². The number of fused-ring (bicyclic) bond motifs is 1. The highest BCUT2D eigenvalue weighted by Gasteiger charge is 2.33. The van der Waals surface area contributed by atoms with Gasteiger partial charge < -0.3 is 19.7 Å². The van der Waals surface area contributed by atoms with E-state index >= 15 is 0 Å². The number of nitrogens with zero attached hydrogens (tertiary/aromatic N) is 1. The number of hydrogen-bond donors (Lipinski definition) is 1. The largest absolute Gasteiger partial charge is 0.477 e. The lowest BCUT2D eigenvalue weighted by atomic mass is 10.1. The third kappa shape index (κ3) is 4.28. The minimum atomic E-state index is -0.743. The van der Waals surface area contributed by atoms with Gasteiger partial charge in [-0.3, -0.25) is 9.59 Å². The second-order valence-corrected chi connectivity index (χ2v) is 6.66. The maximum atomic E-state index is 13.1. The Balaban J connectivity index is 1.83. The highest BCUT2D eigenvalue weighted by atomic mass is 16.5. The van der Waals surface area contributed by atoms with Crippen LogP contribution in [-0.2, 0) is 16.1 Å². The Morgan fingerprint density at radius 1 is 1.19 bits per heavy atom. The second kappa shape index (κ2) is 8.22. The van der Waals surface area contributed by atoms with Crippen molar-refractivity contribution < 1.29 is 19.1 Å². The number of hydrogen-bond acceptors (Lipinski definition) is 4. The molecule has 3 rings (SSSR count). The first-order valence-electron chi connectivity index (χ1n) is 8.99. The highest BCUT2D eigenvalue weighted by molar-refractivity contribution is 6.07. The van der Waals surface area contributed by atoms with Crippen LogP contribution in [0.5, 0.6) is 5.75 Å². The average molecular weight is 368 g/mol. The van der Waals surface area contributed by atoms with Gasteiger partial charge in [-0.2, -0.15) is 0 Å². The van der Waals surface area contributed by atoms with E-state index in [1.807, 2.05) is 44.2 Å². The molecule has 6 heteroatoms. The number of carbonyl (C=O) groups is 2. The third-order valence-corrected chi connectivity index (χ3v) is 4.34. The van der Waals surface area contributed by atoms with Gasteiger partial charge in [-0.1, -0.05) is 24.3 Å². The molecule has 0 bridgehead atoms. The molecule has 2 amide bonds. The van der Waals surface area contributed by atoms with Crippen LogP contribution in [0.4, 0.5) is 5.69 Å². The summed E-state index contributed by atoms with van der Waals surface area (Å²) in [7, 11) is 1.55. The van der Waals surface area contributed by atoms with Crippen molar-refractivity contribution in [3.63, 3.8) is 0 Å². The molecule has 2 aromatic carbocycles. The summed E-state index contributed by atoms with van der Waals surface area (Å²) in [6.45, 7) is 4.63. The first kappa shape index (κ1) is 18.9. The van der Waals surface area contributed by atoms with Crippen LogP contribution in [0.25, 0.3) is 0 Å². The van der Waals surface area contributed by atoms with E-state index in [1.165, 1.54) is 0 Å². The van der Waals surface area contributed by atoms with Crippen molar-refractivity contribution in [2.24, 2.45) is 0 Å². The van der Waals surface area contributed by atoms with Gasteiger partial charge in [0.15, 0.2) is 6.10 Å². The molecule has 0 aromatic heterocycles. The molecule has 1 atom stereocenters. The lowest BCUT2D eigenvalue weighted by Gasteiger charge is -2.34. The van der Waals surface area contributed by atoms with Crippen LogP contribution in [0.15, 0.2) is 48.5 Å². The third-order valence-electron chi connectivity index (χ3n) is 4.34. The van der Waals surface area contributed by atoms with E-state index < -0.39 is 6.10 Å². The van der Waals surface area contributed by atoms with Crippen molar-refractivity contribution in [3.05, 3.63) is 59.7 Å². The Hall–Kier alpha value is -2.86. The normalized spacial score (nSPS) is 15.9. The van der Waals surface area contributed by atoms with Crippen molar-refractivity contribution in [1.29, 1.82) is 0 Å². The van der Waals surface area contributed by atoms with Crippen LogP contribution in [-0.4, -0.2) is 37.6 Å². The fourth-order valence-electron chi connectivity index (χ4n) is 2.89. The molecule has 1 aliphatic heterocycles. The number of nitrogens with one attached hydrogen (secondary N) is 1. The lowest BCUT2D eigenvalue weighted by molar-refractivity contribution is -0.127. The van der Waals surface area contributed by atoms with Crippen molar-refractivity contribution in [1.82, 2.24) is 5.32 Å². The van der Waals surface area contributed by atoms with E-state index in [1.54, 1.807) is 30.1 Å². The monoisotopic (exact) mass is 368 g/mol. The Morgan fingerprint density at radius 3 is 2.56 bits per heavy atom. The van der Waals surface area contributed by atoms with Gasteiger partial charge in [0.05, 0.1) is 24.9 Å². The molecule has 0 unspecified atom stereocenters. The van der Waals surface area contributed by atoms with Gasteiger partial charge in [-0.25, -0.2) is 0 Å². The average Bonchev–Trinajstić information content (AvgIpc) is 2.70. The Bertz CT molecular complexity index is 817. The lowest BCUT2D eigenvalue weighted by Crippen LogP contribution is -2.50. The number of rotatable bonds is 5. The van der Waals surface area contributed by atoms with E-state index in [0.29, 0.717) is 23.6 Å². The maximum absolute atomic E-state index is 13.1. The molecule has 1 N–H and O–H groups in total. The summed E-state index contributed by atoms with van der Waals surface area (Å²) in [6.07, 6.45) is -0.592. The summed E-state index contributed by atoms with van der Waals surface area (Å²) in [5, 5.41) is 2.58. The molecule has 6 nitrogen and oxygen atoms in total. The molecule has 2 aromatic rings. The second-order valence-electron chi connectivity index (χ2n) is 6.66. The minimum absolute atomic E-state index is 0.151. The van der Waals surface area contributed by atoms with Crippen LogP contribution in [0.3, 0.4) is 0 Å². The first-order valence-corrected chi connectivity index (χ1v) is 8.99. The number of anilines is 1. The number of ether oxygens (including phenoxy) is 2. The van der Waals surface area contributed by atoms with E-state index in [4.69, 9.17) is 9.47 Å². The number of amides is 2. The Kier molecular flexibility index (Phi) is 5.76. The van der Waals surface area contributed by atoms with Gasteiger partial charge in [0.1, 0.15) is 5.75 Å². The number of likely N-dealkylation sites (N-methyl/N-ethyl adjacent to an activating group) is 1. The van der Waals surface area contributed by atoms with Gasteiger partial charge in [0.25, 0.3) is 11.8 Å². The zero-order valence-electron chi connectivity index (χ0n) is 15.8. The van der Waals surface area contributed by atoms with E-state index in [2.05, 4.69) is 5.32 Å². The van der Waals surface area contributed by atoms with Crippen LogP contribution in [0.1, 0.15) is 29.8 Å². The summed E-state index contributed by atoms with van der Waals surface area (Å²) in [5.74, 6) is 0.0899. The summed E-state index contributed by atoms with van der Waals surface area (Å²) in [5.41, 5.74) is 2.22. The van der Waals surface area contributed by atoms with Crippen molar-refractivity contribution in [2.75, 3.05) is 18.5 Å². The minimum Gasteiger partial charge on any atom is -0.477 e. The van der Waals surface area contributed by atoms with Gasteiger partial charge >= 0.3 is 0 Å². The fourth-order valence-corrected chi connectivity index (χ4v) is 2.89. The van der Waals surface area contributed by atoms with Crippen molar-refractivity contribution >= 4 is 17.5 Å². The quantitative estimate of drug-likeness (QED) is 0.881. The number of para-hydroxylation sites is 2. The smallest absolute Gasteiger partial charge is 0.262 e. The van der Waals surface area contributed by atoms with Crippen LogP contribution in [0, 0.1) is 0 Å². The topological polar surface area (TPSA) is 67.9 Å². The molecule has 27 heavy (non-hydrogen) atoms. The molecule has 0 fully saturated rings. The summed E-state index contributed by atoms with van der Waals surface area (Å²) in [4.78, 5) is 26.8. The zero-order chi connectivity index (χ0) is 19.4. The van der Waals surface area contributed by atoms with Crippen LogP contribution in [0.2, 0.25) is 0 Å².